The van der Waals surface area contributed by atoms with Gasteiger partial charge in [-0.25, -0.2) is 9.48 Å². The molecule has 2 N–H and O–H groups in total. The average molecular weight is 343 g/mol. The lowest BCUT2D eigenvalue weighted by Crippen LogP contribution is -2.44. The van der Waals surface area contributed by atoms with Crippen LogP contribution in [-0.4, -0.2) is 40.0 Å². The second kappa shape index (κ2) is 7.06. The Balaban J connectivity index is 1.67. The molecule has 3 rings (SSSR count). The summed E-state index contributed by atoms with van der Waals surface area (Å²) in [6.45, 7) is 3.49. The van der Waals surface area contributed by atoms with Gasteiger partial charge in [0.05, 0.1) is 17.7 Å². The van der Waals surface area contributed by atoms with Gasteiger partial charge in [-0.15, -0.1) is 0 Å². The first-order valence-electron chi connectivity index (χ1n) is 8.22. The van der Waals surface area contributed by atoms with Crippen molar-refractivity contribution in [2.24, 2.45) is 5.41 Å². The second-order valence-corrected chi connectivity index (χ2v) is 6.52. The van der Waals surface area contributed by atoms with Gasteiger partial charge in [-0.05, 0) is 43.5 Å². The quantitative estimate of drug-likeness (QED) is 0.866. The van der Waals surface area contributed by atoms with Gasteiger partial charge in [0.1, 0.15) is 0 Å². The van der Waals surface area contributed by atoms with Gasteiger partial charge in [-0.2, -0.15) is 5.10 Å². The first-order valence-corrected chi connectivity index (χ1v) is 8.22. The van der Waals surface area contributed by atoms with E-state index in [0.29, 0.717) is 19.8 Å². The third-order valence-corrected chi connectivity index (χ3v) is 4.42. The second-order valence-electron chi connectivity index (χ2n) is 6.52. The Morgan fingerprint density at radius 3 is 2.92 bits per heavy atom. The molecule has 1 aliphatic rings. The number of aromatic nitrogens is 2. The van der Waals surface area contributed by atoms with Gasteiger partial charge in [0.2, 0.25) is 5.91 Å². The topological polar surface area (TPSA) is 93.5 Å². The molecule has 1 amide bonds. The van der Waals surface area contributed by atoms with Gasteiger partial charge in [-0.3, -0.25) is 4.79 Å². The van der Waals surface area contributed by atoms with Crippen molar-refractivity contribution in [1.82, 2.24) is 15.1 Å². The molecule has 1 aromatic carbocycles. The fraction of sp³-hybridized carbons (Fsp3) is 0.389. The maximum absolute atomic E-state index is 12.5. The number of nitrogens with one attached hydrogen (secondary N) is 1. The number of hydrogen-bond acceptors (Lipinski definition) is 4. The Morgan fingerprint density at radius 1 is 1.40 bits per heavy atom. The summed E-state index contributed by atoms with van der Waals surface area (Å²) < 4.78 is 6.94. The zero-order chi connectivity index (χ0) is 17.9. The summed E-state index contributed by atoms with van der Waals surface area (Å²) >= 11 is 0. The predicted octanol–water partition coefficient (Wildman–Crippen LogP) is 2.00. The molecule has 7 heteroatoms. The van der Waals surface area contributed by atoms with Crippen LogP contribution in [0.15, 0.2) is 36.5 Å². The molecule has 0 bridgehead atoms. The van der Waals surface area contributed by atoms with Gasteiger partial charge in [-0.1, -0.05) is 12.1 Å². The molecule has 2 heterocycles. The molecule has 2 aromatic rings. The van der Waals surface area contributed by atoms with E-state index in [0.717, 1.165) is 24.1 Å². The number of ether oxygens (including phenoxy) is 1. The van der Waals surface area contributed by atoms with Crippen LogP contribution in [0.2, 0.25) is 0 Å². The van der Waals surface area contributed by atoms with Crippen LogP contribution in [-0.2, 0) is 16.1 Å². The van der Waals surface area contributed by atoms with Gasteiger partial charge in [0, 0.05) is 19.3 Å². The normalized spacial score (nSPS) is 20.2. The smallest absolute Gasteiger partial charge is 0.356 e. The summed E-state index contributed by atoms with van der Waals surface area (Å²) in [6, 6.07) is 8.91. The highest BCUT2D eigenvalue weighted by molar-refractivity contribution is 5.85. The average Bonchev–Trinajstić information content (AvgIpc) is 3.11. The third-order valence-electron chi connectivity index (χ3n) is 4.42. The molecule has 1 aromatic heterocycles. The van der Waals surface area contributed by atoms with Crippen molar-refractivity contribution in [2.45, 2.75) is 26.3 Å². The zero-order valence-electron chi connectivity index (χ0n) is 14.1. The summed E-state index contributed by atoms with van der Waals surface area (Å²) in [5.41, 5.74) is 1.17. The lowest BCUT2D eigenvalue weighted by Gasteiger charge is -2.31. The fourth-order valence-corrected chi connectivity index (χ4v) is 2.90. The van der Waals surface area contributed by atoms with Crippen LogP contribution in [0.4, 0.5) is 0 Å². The molecule has 1 saturated heterocycles. The summed E-state index contributed by atoms with van der Waals surface area (Å²) in [6.07, 6.45) is 3.32. The van der Waals surface area contributed by atoms with Crippen molar-refractivity contribution in [1.29, 1.82) is 0 Å². The molecule has 7 nitrogen and oxygen atoms in total. The Kier molecular flexibility index (Phi) is 4.85. The number of hydrogen-bond donors (Lipinski definition) is 2. The van der Waals surface area contributed by atoms with Crippen LogP contribution < -0.4 is 5.32 Å². The molecule has 1 unspecified atom stereocenters. The number of aromatic carboxylic acids is 1. The summed E-state index contributed by atoms with van der Waals surface area (Å²) in [5, 5.41) is 15.9. The van der Waals surface area contributed by atoms with E-state index in [1.807, 2.05) is 31.2 Å². The molecule has 0 radical (unpaired) electrons. The molecular weight excluding hydrogens is 322 g/mol. The first kappa shape index (κ1) is 17.2. The standard InChI is InChI=1S/C18H21N3O4/c1-18(7-3-9-25-12-18)17(24)19-11-13-4-2-5-14(10-13)21-8-6-15(20-21)16(22)23/h2,4-6,8,10H,3,7,9,11-12H2,1H3,(H,19,24)(H,22,23). The molecular formula is C18H21N3O4. The Morgan fingerprint density at radius 2 is 2.24 bits per heavy atom. The maximum atomic E-state index is 12.5. The van der Waals surface area contributed by atoms with E-state index >= 15 is 0 Å². The summed E-state index contributed by atoms with van der Waals surface area (Å²) in [7, 11) is 0. The van der Waals surface area contributed by atoms with Crippen molar-refractivity contribution in [3.8, 4) is 5.69 Å². The lowest BCUT2D eigenvalue weighted by molar-refractivity contribution is -0.137. The van der Waals surface area contributed by atoms with Crippen LogP contribution in [0.3, 0.4) is 0 Å². The number of carboxylic acid groups (broad SMARTS) is 1. The number of carbonyl (C=O) groups excluding carboxylic acids is 1. The minimum Gasteiger partial charge on any atom is -0.476 e. The van der Waals surface area contributed by atoms with E-state index in [1.165, 1.54) is 10.7 Å². The molecule has 1 aliphatic heterocycles. The third kappa shape index (κ3) is 3.88. The monoisotopic (exact) mass is 343 g/mol. The van der Waals surface area contributed by atoms with Gasteiger partial charge < -0.3 is 15.2 Å². The molecule has 25 heavy (non-hydrogen) atoms. The SMILES string of the molecule is CC1(C(=O)NCc2cccc(-n3ccc(C(=O)O)n3)c2)CCCOC1. The van der Waals surface area contributed by atoms with E-state index in [1.54, 1.807) is 6.20 Å². The number of benzene rings is 1. The minimum absolute atomic E-state index is 0.00939. The predicted molar refractivity (Wildman–Crippen MR) is 90.5 cm³/mol. The van der Waals surface area contributed by atoms with Gasteiger partial charge in [0.15, 0.2) is 5.69 Å². The summed E-state index contributed by atoms with van der Waals surface area (Å²) in [5.74, 6) is -1.07. The van der Waals surface area contributed by atoms with Crippen molar-refractivity contribution < 1.29 is 19.4 Å². The van der Waals surface area contributed by atoms with Crippen molar-refractivity contribution in [2.75, 3.05) is 13.2 Å². The highest BCUT2D eigenvalue weighted by Crippen LogP contribution is 2.28. The van der Waals surface area contributed by atoms with E-state index in [9.17, 15) is 9.59 Å². The first-order chi connectivity index (χ1) is 12.0. The number of nitrogens with zero attached hydrogens (tertiary/aromatic N) is 2. The molecule has 0 saturated carbocycles. The highest BCUT2D eigenvalue weighted by Gasteiger charge is 2.35. The van der Waals surface area contributed by atoms with Gasteiger partial charge in [0.25, 0.3) is 0 Å². The fourth-order valence-electron chi connectivity index (χ4n) is 2.90. The Labute approximate surface area is 145 Å². The Bertz CT molecular complexity index is 778. The summed E-state index contributed by atoms with van der Waals surface area (Å²) in [4.78, 5) is 23.4. The van der Waals surface area contributed by atoms with Crippen molar-refractivity contribution in [3.63, 3.8) is 0 Å². The zero-order valence-corrected chi connectivity index (χ0v) is 14.1. The van der Waals surface area contributed by atoms with Crippen LogP contribution in [0.25, 0.3) is 5.69 Å². The number of amides is 1. The van der Waals surface area contributed by atoms with Crippen LogP contribution >= 0.6 is 0 Å². The van der Waals surface area contributed by atoms with Crippen molar-refractivity contribution >= 4 is 11.9 Å². The molecule has 1 fully saturated rings. The number of carboxylic acids is 1. The van der Waals surface area contributed by atoms with Crippen LogP contribution in [0, 0.1) is 5.41 Å². The van der Waals surface area contributed by atoms with Crippen molar-refractivity contribution in [3.05, 3.63) is 47.8 Å². The maximum Gasteiger partial charge on any atom is 0.356 e. The van der Waals surface area contributed by atoms with Crippen LogP contribution in [0.5, 0.6) is 0 Å². The van der Waals surface area contributed by atoms with E-state index in [4.69, 9.17) is 9.84 Å². The number of carbonyl (C=O) groups is 2. The Hall–Kier alpha value is -2.67. The minimum atomic E-state index is -1.06. The molecule has 1 atom stereocenters. The largest absolute Gasteiger partial charge is 0.476 e. The van der Waals surface area contributed by atoms with E-state index in [-0.39, 0.29) is 11.6 Å². The van der Waals surface area contributed by atoms with Crippen LogP contribution in [0.1, 0.15) is 35.8 Å². The lowest BCUT2D eigenvalue weighted by atomic mass is 9.84. The number of rotatable bonds is 5. The molecule has 0 aliphatic carbocycles. The van der Waals surface area contributed by atoms with E-state index < -0.39 is 11.4 Å². The highest BCUT2D eigenvalue weighted by atomic mass is 16.5. The molecule has 0 spiro atoms. The molecule has 132 valence electrons. The van der Waals surface area contributed by atoms with Gasteiger partial charge >= 0.3 is 5.97 Å². The van der Waals surface area contributed by atoms with E-state index in [2.05, 4.69) is 10.4 Å².